The maximum absolute atomic E-state index is 12.7. The van der Waals surface area contributed by atoms with E-state index in [9.17, 15) is 4.39 Å². The fraction of sp³-hybridized carbons (Fsp3) is 0.152. The van der Waals surface area contributed by atoms with Gasteiger partial charge in [-0.2, -0.15) is 0 Å². The van der Waals surface area contributed by atoms with Crippen LogP contribution in [-0.4, -0.2) is 19.5 Å². The van der Waals surface area contributed by atoms with Gasteiger partial charge < -0.3 is 14.0 Å². The Kier molecular flexibility index (Phi) is 9.02. The first-order chi connectivity index (χ1) is 26.5. The van der Waals surface area contributed by atoms with Crippen molar-refractivity contribution in [3.05, 3.63) is 156 Å². The summed E-state index contributed by atoms with van der Waals surface area (Å²) in [6.07, 6.45) is 3.26. The van der Waals surface area contributed by atoms with E-state index in [1.54, 1.807) is 12.1 Å². The molecule has 7 heteroatoms. The number of imidazole rings is 1. The molecule has 0 spiro atoms. The summed E-state index contributed by atoms with van der Waals surface area (Å²) in [6.45, 7) is 6.83. The average Bonchev–Trinajstić information content (AvgIpc) is 3.77. The maximum atomic E-state index is 12.7. The van der Waals surface area contributed by atoms with Crippen molar-refractivity contribution in [3.8, 4) is 28.3 Å². The number of fused-ring (bicyclic) bond motifs is 6. The van der Waals surface area contributed by atoms with Crippen LogP contribution in [0.4, 0.5) is 4.39 Å². The van der Waals surface area contributed by atoms with Crippen LogP contribution >= 0.6 is 0 Å². The topological polar surface area (TPSA) is 56.7 Å². The molecule has 265 valence electrons. The summed E-state index contributed by atoms with van der Waals surface area (Å²) in [5, 5.41) is 4.31. The number of furan rings is 1. The number of hydrogen-bond acceptors (Lipinski definition) is 4. The molecule has 0 saturated heterocycles. The SMILES string of the molecule is CC(C)c1cccc(C(C)C)c1-n1c(-c2[c-]ccc3c2oc2ccccc23)nc2c3ccccc3cnc21.[2H]C([2H])([2H])c1ccc(-c2[c-]cc(F)cc2)nc1.[Ir]. The Morgan fingerprint density at radius 1 is 0.755 bits per heavy atom. The molecule has 0 unspecified atom stereocenters. The van der Waals surface area contributed by atoms with E-state index in [0.29, 0.717) is 23.1 Å². The molecule has 0 saturated carbocycles. The number of para-hydroxylation sites is 2. The Morgan fingerprint density at radius 3 is 2.21 bits per heavy atom. The van der Waals surface area contributed by atoms with Gasteiger partial charge in [0.2, 0.25) is 0 Å². The molecule has 9 rings (SSSR count). The third-order valence-corrected chi connectivity index (χ3v) is 9.34. The number of hydrogen-bond donors (Lipinski definition) is 0. The maximum Gasteiger partial charge on any atom is 0.156 e. The predicted molar refractivity (Wildman–Crippen MR) is 209 cm³/mol. The van der Waals surface area contributed by atoms with Crippen LogP contribution in [-0.2, 0) is 20.1 Å². The van der Waals surface area contributed by atoms with Crippen molar-refractivity contribution in [1.82, 2.24) is 19.5 Å². The Morgan fingerprint density at radius 2 is 1.51 bits per heavy atom. The number of aryl methyl sites for hydroxylation is 1. The van der Waals surface area contributed by atoms with Gasteiger partial charge in [0.25, 0.3) is 0 Å². The second-order valence-corrected chi connectivity index (χ2v) is 13.4. The van der Waals surface area contributed by atoms with Gasteiger partial charge in [-0.25, -0.2) is 4.98 Å². The fourth-order valence-electron chi connectivity index (χ4n) is 6.79. The van der Waals surface area contributed by atoms with Gasteiger partial charge in [0, 0.05) is 64.3 Å². The molecule has 0 bridgehead atoms. The van der Waals surface area contributed by atoms with E-state index in [1.165, 1.54) is 35.5 Å². The van der Waals surface area contributed by atoms with Crippen LogP contribution in [0.5, 0.6) is 0 Å². The zero-order valence-corrected chi connectivity index (χ0v) is 32.0. The minimum Gasteiger partial charge on any atom is -0.501 e. The molecule has 0 aliphatic heterocycles. The van der Waals surface area contributed by atoms with Gasteiger partial charge in [-0.3, -0.25) is 9.37 Å². The quantitative estimate of drug-likeness (QED) is 0.162. The van der Waals surface area contributed by atoms with Crippen molar-refractivity contribution >= 4 is 43.9 Å². The summed E-state index contributed by atoms with van der Waals surface area (Å²) in [4.78, 5) is 14.4. The van der Waals surface area contributed by atoms with E-state index < -0.39 is 6.85 Å². The van der Waals surface area contributed by atoms with Gasteiger partial charge >= 0.3 is 0 Å². The van der Waals surface area contributed by atoms with Gasteiger partial charge in [0.15, 0.2) is 5.65 Å². The van der Waals surface area contributed by atoms with E-state index in [-0.39, 0.29) is 31.5 Å². The van der Waals surface area contributed by atoms with Crippen LogP contribution in [0.1, 0.15) is 60.3 Å². The zero-order valence-electron chi connectivity index (χ0n) is 32.6. The van der Waals surface area contributed by atoms with Crippen molar-refractivity contribution in [3.63, 3.8) is 0 Å². The Hall–Kier alpha value is -5.49. The summed E-state index contributed by atoms with van der Waals surface area (Å²) in [7, 11) is 0. The number of pyridine rings is 2. The van der Waals surface area contributed by atoms with Gasteiger partial charge in [-0.05, 0) is 47.1 Å². The molecular weight excluding hydrogens is 836 g/mol. The second-order valence-electron chi connectivity index (χ2n) is 13.4. The van der Waals surface area contributed by atoms with Crippen LogP contribution in [0.3, 0.4) is 0 Å². The largest absolute Gasteiger partial charge is 0.501 e. The summed E-state index contributed by atoms with van der Waals surface area (Å²) < 4.78 is 43.1. The first-order valence-corrected chi connectivity index (χ1v) is 17.4. The summed E-state index contributed by atoms with van der Waals surface area (Å²) >= 11 is 0. The van der Waals surface area contributed by atoms with Crippen LogP contribution in [0, 0.1) is 24.8 Å². The van der Waals surface area contributed by atoms with Crippen molar-refractivity contribution in [2.24, 2.45) is 0 Å². The normalized spacial score (nSPS) is 12.5. The van der Waals surface area contributed by atoms with Crippen LogP contribution < -0.4 is 0 Å². The predicted octanol–water partition coefficient (Wildman–Crippen LogP) is 12.2. The molecule has 0 amide bonds. The molecule has 0 fully saturated rings. The smallest absolute Gasteiger partial charge is 0.156 e. The van der Waals surface area contributed by atoms with Gasteiger partial charge in [0.05, 0.1) is 11.4 Å². The van der Waals surface area contributed by atoms with Gasteiger partial charge in [-0.1, -0.05) is 111 Å². The Balaban J connectivity index is 0.000000225. The molecule has 9 aromatic rings. The summed E-state index contributed by atoms with van der Waals surface area (Å²) in [6, 6.07) is 40.6. The molecule has 53 heavy (non-hydrogen) atoms. The van der Waals surface area contributed by atoms with E-state index in [4.69, 9.17) is 18.5 Å². The fourth-order valence-corrected chi connectivity index (χ4v) is 6.79. The number of nitrogens with zero attached hydrogens (tertiary/aromatic N) is 4. The number of aromatic nitrogens is 4. The molecule has 0 aliphatic carbocycles. The molecule has 0 N–H and O–H groups in total. The summed E-state index contributed by atoms with van der Waals surface area (Å²) in [5.74, 6) is 1.07. The van der Waals surface area contributed by atoms with Crippen molar-refractivity contribution in [2.75, 3.05) is 0 Å². The minimum atomic E-state index is -2.15. The number of benzene rings is 5. The van der Waals surface area contributed by atoms with Crippen LogP contribution in [0.25, 0.3) is 72.2 Å². The third-order valence-electron chi connectivity index (χ3n) is 9.34. The zero-order chi connectivity index (χ0) is 38.4. The van der Waals surface area contributed by atoms with E-state index >= 15 is 0 Å². The van der Waals surface area contributed by atoms with Crippen molar-refractivity contribution in [1.29, 1.82) is 0 Å². The molecule has 0 atom stereocenters. The van der Waals surface area contributed by atoms with E-state index in [2.05, 4.69) is 97.9 Å². The van der Waals surface area contributed by atoms with Crippen LogP contribution in [0.2, 0.25) is 0 Å². The Bertz CT molecular complexity index is 2800. The van der Waals surface area contributed by atoms with Crippen molar-refractivity contribution < 1.29 is 33.0 Å². The molecule has 5 nitrogen and oxygen atoms in total. The molecule has 5 aromatic carbocycles. The molecular formula is C46H37FIrN4O-2. The van der Waals surface area contributed by atoms with Crippen molar-refractivity contribution in [2.45, 2.75) is 46.4 Å². The van der Waals surface area contributed by atoms with Gasteiger partial charge in [0.1, 0.15) is 11.1 Å². The first-order valence-electron chi connectivity index (χ1n) is 18.9. The summed E-state index contributed by atoms with van der Waals surface area (Å²) in [5.41, 5.74) is 9.29. The molecule has 0 aliphatic rings. The molecule has 1 radical (unpaired) electrons. The molecule has 4 heterocycles. The minimum absolute atomic E-state index is 0. The number of rotatable bonds is 5. The average molecular weight is 876 g/mol. The van der Waals surface area contributed by atoms with E-state index in [1.807, 2.05) is 36.5 Å². The third kappa shape index (κ3) is 6.67. The van der Waals surface area contributed by atoms with Gasteiger partial charge in [-0.15, -0.1) is 48.0 Å². The standard InChI is InChI=1S/C34H28N3O.C12H9FN.Ir/c1-20(2)23-14-9-15-24(21(3)4)31(23)37-33(36-30-25-12-6-5-11-22(25)19-35-34(30)37)28-17-10-16-27-26-13-7-8-18-29(26)38-32(27)28;1-9-2-7-12(14-8-9)10-3-5-11(13)6-4-10;/h5-16,18-21H,1-4H3;2-3,5-8H,1H3;/q2*-1;/i;1D3;. The van der Waals surface area contributed by atoms with E-state index in [0.717, 1.165) is 61.0 Å². The van der Waals surface area contributed by atoms with Crippen LogP contribution in [0.15, 0.2) is 126 Å². The number of halogens is 1. The monoisotopic (exact) mass is 876 g/mol. The Labute approximate surface area is 326 Å². The second kappa shape index (κ2) is 14.9. The molecule has 4 aromatic heterocycles. The first kappa shape index (κ1) is 32.2.